The van der Waals surface area contributed by atoms with Crippen LogP contribution < -0.4 is 0 Å². The summed E-state index contributed by atoms with van der Waals surface area (Å²) in [5.74, 6) is -1.31. The van der Waals surface area contributed by atoms with E-state index in [-0.39, 0.29) is 11.3 Å². The standard InChI is InChI=1S/C9H15N3O4S/c1-4-5-12(3)17(15,16)8-7(9(13)14)6(2)10-11-8/h4-5H2,1-3H3,(H,10,11)(H,13,14). The minimum atomic E-state index is -3.85. The van der Waals surface area contributed by atoms with Crippen molar-refractivity contribution in [3.05, 3.63) is 11.3 Å². The van der Waals surface area contributed by atoms with Crippen LogP contribution in [-0.4, -0.2) is 47.6 Å². The van der Waals surface area contributed by atoms with Gasteiger partial charge in [0.1, 0.15) is 5.56 Å². The lowest BCUT2D eigenvalue weighted by Crippen LogP contribution is -2.29. The Labute approximate surface area is 99.5 Å². The minimum absolute atomic E-state index is 0.223. The Bertz CT molecular complexity index is 520. The third-order valence-electron chi connectivity index (χ3n) is 2.32. The van der Waals surface area contributed by atoms with Crippen molar-refractivity contribution in [2.75, 3.05) is 13.6 Å². The summed E-state index contributed by atoms with van der Waals surface area (Å²) in [5, 5.41) is 14.5. The smallest absolute Gasteiger partial charge is 0.340 e. The number of nitrogens with zero attached hydrogens (tertiary/aromatic N) is 2. The SMILES string of the molecule is CCCN(C)S(=O)(=O)c1n[nH]c(C)c1C(=O)O. The van der Waals surface area contributed by atoms with Gasteiger partial charge in [0.15, 0.2) is 0 Å². The van der Waals surface area contributed by atoms with E-state index >= 15 is 0 Å². The molecule has 0 aliphatic rings. The maximum atomic E-state index is 12.0. The molecule has 0 aliphatic carbocycles. The third kappa shape index (κ3) is 2.47. The van der Waals surface area contributed by atoms with Gasteiger partial charge in [0.2, 0.25) is 5.03 Å². The molecule has 8 heteroatoms. The summed E-state index contributed by atoms with van der Waals surface area (Å²) in [6, 6.07) is 0. The van der Waals surface area contributed by atoms with Crippen LogP contribution in [0.25, 0.3) is 0 Å². The summed E-state index contributed by atoms with van der Waals surface area (Å²) in [7, 11) is -2.45. The van der Waals surface area contributed by atoms with Gasteiger partial charge in [-0.2, -0.15) is 9.40 Å². The number of carbonyl (C=O) groups is 1. The van der Waals surface area contributed by atoms with Crippen molar-refractivity contribution in [1.29, 1.82) is 0 Å². The number of aromatic amines is 1. The van der Waals surface area contributed by atoms with E-state index in [1.54, 1.807) is 0 Å². The number of carboxylic acids is 1. The Hall–Kier alpha value is -1.41. The molecule has 1 rings (SSSR count). The van der Waals surface area contributed by atoms with Crippen molar-refractivity contribution < 1.29 is 18.3 Å². The Morgan fingerprint density at radius 3 is 2.59 bits per heavy atom. The highest BCUT2D eigenvalue weighted by atomic mass is 32.2. The van der Waals surface area contributed by atoms with Gasteiger partial charge in [0.25, 0.3) is 10.0 Å². The molecule has 1 heterocycles. The first-order valence-corrected chi connectivity index (χ1v) is 6.51. The fourth-order valence-corrected chi connectivity index (χ4v) is 2.81. The number of carboxylic acid groups (broad SMARTS) is 1. The van der Waals surface area contributed by atoms with Gasteiger partial charge >= 0.3 is 5.97 Å². The van der Waals surface area contributed by atoms with Crippen LogP contribution in [0.1, 0.15) is 29.4 Å². The molecule has 0 fully saturated rings. The lowest BCUT2D eigenvalue weighted by Gasteiger charge is -2.14. The van der Waals surface area contributed by atoms with Crippen molar-refractivity contribution in [2.45, 2.75) is 25.3 Å². The molecule has 2 N–H and O–H groups in total. The van der Waals surface area contributed by atoms with Gasteiger partial charge < -0.3 is 5.11 Å². The first-order chi connectivity index (χ1) is 7.82. The monoisotopic (exact) mass is 261 g/mol. The molecule has 0 aromatic carbocycles. The topological polar surface area (TPSA) is 103 Å². The Kier molecular flexibility index (Phi) is 3.89. The lowest BCUT2D eigenvalue weighted by atomic mass is 10.3. The first kappa shape index (κ1) is 13.7. The van der Waals surface area contributed by atoms with Crippen LogP contribution in [0.2, 0.25) is 0 Å². The fourth-order valence-electron chi connectivity index (χ4n) is 1.43. The highest BCUT2D eigenvalue weighted by molar-refractivity contribution is 7.89. The molecule has 1 aromatic heterocycles. The summed E-state index contributed by atoms with van der Waals surface area (Å²) in [6.45, 7) is 3.61. The molecule has 7 nitrogen and oxygen atoms in total. The summed E-state index contributed by atoms with van der Waals surface area (Å²) >= 11 is 0. The predicted octanol–water partition coefficient (Wildman–Crippen LogP) is 0.447. The maximum Gasteiger partial charge on any atom is 0.340 e. The van der Waals surface area contributed by atoms with Crippen LogP contribution in [0.4, 0.5) is 0 Å². The molecule has 0 amide bonds. The summed E-state index contributed by atoms with van der Waals surface area (Å²) in [4.78, 5) is 11.0. The quantitative estimate of drug-likeness (QED) is 0.800. The molecule has 0 spiro atoms. The number of aryl methyl sites for hydroxylation is 1. The second kappa shape index (κ2) is 4.84. The molecule has 1 aromatic rings. The van der Waals surface area contributed by atoms with Crippen molar-refractivity contribution in [3.8, 4) is 0 Å². The summed E-state index contributed by atoms with van der Waals surface area (Å²) < 4.78 is 25.2. The van der Waals surface area contributed by atoms with E-state index in [0.29, 0.717) is 13.0 Å². The van der Waals surface area contributed by atoms with E-state index in [1.807, 2.05) is 6.92 Å². The maximum absolute atomic E-state index is 12.0. The van der Waals surface area contributed by atoms with E-state index in [0.717, 1.165) is 4.31 Å². The third-order valence-corrected chi connectivity index (χ3v) is 4.11. The van der Waals surface area contributed by atoms with Crippen molar-refractivity contribution in [3.63, 3.8) is 0 Å². The number of aromatic carboxylic acids is 1. The van der Waals surface area contributed by atoms with E-state index in [1.165, 1.54) is 14.0 Å². The number of hydrogen-bond acceptors (Lipinski definition) is 4. The van der Waals surface area contributed by atoms with Crippen LogP contribution in [0.3, 0.4) is 0 Å². The molecule has 0 bridgehead atoms. The second-order valence-corrected chi connectivity index (χ2v) is 5.62. The molecule has 0 saturated heterocycles. The van der Waals surface area contributed by atoms with Crippen molar-refractivity contribution in [1.82, 2.24) is 14.5 Å². The van der Waals surface area contributed by atoms with Gasteiger partial charge in [0, 0.05) is 19.3 Å². The Morgan fingerprint density at radius 1 is 1.53 bits per heavy atom. The lowest BCUT2D eigenvalue weighted by molar-refractivity contribution is 0.0691. The van der Waals surface area contributed by atoms with Gasteiger partial charge in [-0.15, -0.1) is 0 Å². The zero-order valence-electron chi connectivity index (χ0n) is 9.89. The Balaban J connectivity index is 3.30. The van der Waals surface area contributed by atoms with Crippen LogP contribution in [0.15, 0.2) is 5.03 Å². The molecular formula is C9H15N3O4S. The minimum Gasteiger partial charge on any atom is -0.478 e. The number of H-pyrrole nitrogens is 1. The van der Waals surface area contributed by atoms with E-state index < -0.39 is 21.0 Å². The van der Waals surface area contributed by atoms with Crippen molar-refractivity contribution in [2.24, 2.45) is 0 Å². The average Bonchev–Trinajstić information content (AvgIpc) is 2.61. The van der Waals surface area contributed by atoms with Gasteiger partial charge in [0.05, 0.1) is 0 Å². The number of rotatable bonds is 5. The van der Waals surface area contributed by atoms with E-state index in [4.69, 9.17) is 5.11 Å². The van der Waals surface area contributed by atoms with Gasteiger partial charge in [-0.05, 0) is 13.3 Å². The molecule has 0 saturated carbocycles. The number of aromatic nitrogens is 2. The normalized spacial score (nSPS) is 12.0. The van der Waals surface area contributed by atoms with Crippen LogP contribution in [0.5, 0.6) is 0 Å². The predicted molar refractivity (Wildman–Crippen MR) is 60.4 cm³/mol. The van der Waals surface area contributed by atoms with Crippen LogP contribution >= 0.6 is 0 Å². The molecule has 96 valence electrons. The average molecular weight is 261 g/mol. The molecule has 17 heavy (non-hydrogen) atoms. The first-order valence-electron chi connectivity index (χ1n) is 5.07. The molecule has 0 aliphatic heterocycles. The summed E-state index contributed by atoms with van der Waals surface area (Å²) in [5.41, 5.74) is -0.0751. The van der Waals surface area contributed by atoms with Gasteiger partial charge in [-0.25, -0.2) is 13.2 Å². The fraction of sp³-hybridized carbons (Fsp3) is 0.556. The zero-order chi connectivity index (χ0) is 13.2. The van der Waals surface area contributed by atoms with Crippen LogP contribution in [-0.2, 0) is 10.0 Å². The molecule has 0 atom stereocenters. The van der Waals surface area contributed by atoms with Gasteiger partial charge in [-0.1, -0.05) is 6.92 Å². The largest absolute Gasteiger partial charge is 0.478 e. The van der Waals surface area contributed by atoms with Crippen molar-refractivity contribution >= 4 is 16.0 Å². The molecular weight excluding hydrogens is 246 g/mol. The van der Waals surface area contributed by atoms with Crippen LogP contribution in [0, 0.1) is 6.92 Å². The van der Waals surface area contributed by atoms with E-state index in [2.05, 4.69) is 10.2 Å². The molecule has 0 unspecified atom stereocenters. The number of nitrogens with one attached hydrogen (secondary N) is 1. The number of sulfonamides is 1. The Morgan fingerprint density at radius 2 is 2.12 bits per heavy atom. The highest BCUT2D eigenvalue weighted by Crippen LogP contribution is 2.19. The zero-order valence-corrected chi connectivity index (χ0v) is 10.7. The molecule has 0 radical (unpaired) electrons. The number of hydrogen-bond donors (Lipinski definition) is 2. The summed E-state index contributed by atoms with van der Waals surface area (Å²) in [6.07, 6.45) is 0.640. The van der Waals surface area contributed by atoms with E-state index in [9.17, 15) is 13.2 Å². The highest BCUT2D eigenvalue weighted by Gasteiger charge is 2.30. The van der Waals surface area contributed by atoms with Gasteiger partial charge in [-0.3, -0.25) is 5.10 Å². The second-order valence-electron chi connectivity index (χ2n) is 3.66.